The molecule has 0 aliphatic carbocycles. The lowest BCUT2D eigenvalue weighted by molar-refractivity contribution is -0.538. The molecule has 4 heteroatoms. The summed E-state index contributed by atoms with van der Waals surface area (Å²) in [6.45, 7) is 3.99. The van der Waals surface area contributed by atoms with Gasteiger partial charge in [0.15, 0.2) is 5.52 Å². The monoisotopic (exact) mass is 315 g/mol. The molecule has 0 unspecified atom stereocenters. The van der Waals surface area contributed by atoms with Crippen molar-refractivity contribution in [1.82, 2.24) is 4.98 Å². The first-order chi connectivity index (χ1) is 11.6. The van der Waals surface area contributed by atoms with Gasteiger partial charge in [-0.3, -0.25) is 0 Å². The highest BCUT2D eigenvalue weighted by Gasteiger charge is 2.22. The van der Waals surface area contributed by atoms with Gasteiger partial charge in [-0.1, -0.05) is 24.3 Å². The number of nitrogen functional groups attached to an aromatic ring is 2. The second-order valence-corrected chi connectivity index (χ2v) is 6.15. The third kappa shape index (κ3) is 2.07. The van der Waals surface area contributed by atoms with Crippen LogP contribution in [0.15, 0.2) is 54.6 Å². The van der Waals surface area contributed by atoms with Crippen LogP contribution in [0, 0.1) is 13.8 Å². The van der Waals surface area contributed by atoms with Crippen molar-refractivity contribution in [2.75, 3.05) is 11.5 Å². The van der Waals surface area contributed by atoms with Crippen LogP contribution in [0.5, 0.6) is 0 Å². The molecule has 24 heavy (non-hydrogen) atoms. The van der Waals surface area contributed by atoms with Gasteiger partial charge in [-0.15, -0.1) is 4.57 Å². The van der Waals surface area contributed by atoms with Crippen LogP contribution in [0.2, 0.25) is 0 Å². The normalized spacial score (nSPS) is 11.2. The number of rotatable bonds is 1. The van der Waals surface area contributed by atoms with Gasteiger partial charge in [0.05, 0.1) is 5.69 Å². The van der Waals surface area contributed by atoms with Crippen molar-refractivity contribution in [1.29, 1.82) is 0 Å². The average Bonchev–Trinajstić information content (AvgIpc) is 2.59. The van der Waals surface area contributed by atoms with Crippen LogP contribution in [0.3, 0.4) is 0 Å². The van der Waals surface area contributed by atoms with E-state index in [1.165, 1.54) is 5.56 Å². The van der Waals surface area contributed by atoms with Gasteiger partial charge in [-0.25, -0.2) is 4.98 Å². The zero-order valence-electron chi connectivity index (χ0n) is 13.7. The molecule has 1 heterocycles. The van der Waals surface area contributed by atoms with Gasteiger partial charge in [0.25, 0.3) is 0 Å². The largest absolute Gasteiger partial charge is 0.398 e. The fourth-order valence-electron chi connectivity index (χ4n) is 3.10. The van der Waals surface area contributed by atoms with Crippen molar-refractivity contribution in [3.05, 3.63) is 65.7 Å². The molecular formula is C20H19N4+. The van der Waals surface area contributed by atoms with Gasteiger partial charge < -0.3 is 11.5 Å². The van der Waals surface area contributed by atoms with Gasteiger partial charge in [0, 0.05) is 30.0 Å². The topological polar surface area (TPSA) is 68.8 Å². The molecule has 118 valence electrons. The number of aromatic nitrogens is 2. The molecule has 0 fully saturated rings. The van der Waals surface area contributed by atoms with Gasteiger partial charge >= 0.3 is 0 Å². The Morgan fingerprint density at radius 2 is 1.62 bits per heavy atom. The van der Waals surface area contributed by atoms with E-state index in [4.69, 9.17) is 16.5 Å². The number of hydrogen-bond donors (Lipinski definition) is 2. The first kappa shape index (κ1) is 14.5. The Morgan fingerprint density at radius 1 is 0.875 bits per heavy atom. The predicted molar refractivity (Wildman–Crippen MR) is 99.1 cm³/mol. The third-order valence-corrected chi connectivity index (χ3v) is 4.49. The van der Waals surface area contributed by atoms with Crippen LogP contribution < -0.4 is 16.0 Å². The number of anilines is 2. The standard InChI is InChI=1S/C20H18N4/c1-12-8-9-17-16(10-12)23-20-18(11-15(21)13(2)19(20)22)24(17)14-6-4-3-5-7-14/h3-11H,1-2H3,(H3,21,22)/p+1. The summed E-state index contributed by atoms with van der Waals surface area (Å²) in [6.07, 6.45) is 0. The summed E-state index contributed by atoms with van der Waals surface area (Å²) < 4.78 is 2.17. The molecule has 0 spiro atoms. The van der Waals surface area contributed by atoms with Crippen molar-refractivity contribution in [3.8, 4) is 5.69 Å². The van der Waals surface area contributed by atoms with Crippen LogP contribution >= 0.6 is 0 Å². The molecule has 1 aromatic heterocycles. The zero-order chi connectivity index (χ0) is 16.8. The molecule has 0 aliphatic heterocycles. The summed E-state index contributed by atoms with van der Waals surface area (Å²) in [5, 5.41) is 0. The highest BCUT2D eigenvalue weighted by molar-refractivity contribution is 5.94. The molecule has 4 nitrogen and oxygen atoms in total. The van der Waals surface area contributed by atoms with Crippen molar-refractivity contribution in [3.63, 3.8) is 0 Å². The lowest BCUT2D eigenvalue weighted by Gasteiger charge is -2.10. The lowest BCUT2D eigenvalue weighted by Crippen LogP contribution is -2.33. The molecule has 0 radical (unpaired) electrons. The van der Waals surface area contributed by atoms with E-state index in [1.54, 1.807) is 0 Å². The maximum absolute atomic E-state index is 6.34. The zero-order valence-corrected chi connectivity index (χ0v) is 13.7. The highest BCUT2D eigenvalue weighted by atomic mass is 15.0. The summed E-state index contributed by atoms with van der Waals surface area (Å²) in [5.74, 6) is 0. The number of nitrogens with zero attached hydrogens (tertiary/aromatic N) is 2. The second-order valence-electron chi connectivity index (χ2n) is 6.15. The van der Waals surface area contributed by atoms with Crippen molar-refractivity contribution < 1.29 is 4.57 Å². The van der Waals surface area contributed by atoms with E-state index in [0.717, 1.165) is 33.3 Å². The van der Waals surface area contributed by atoms with E-state index in [0.29, 0.717) is 11.4 Å². The van der Waals surface area contributed by atoms with Gasteiger partial charge in [0.2, 0.25) is 16.7 Å². The van der Waals surface area contributed by atoms with Crippen LogP contribution in [0.4, 0.5) is 11.4 Å². The lowest BCUT2D eigenvalue weighted by atomic mass is 10.1. The van der Waals surface area contributed by atoms with Crippen molar-refractivity contribution in [2.45, 2.75) is 13.8 Å². The fourth-order valence-corrected chi connectivity index (χ4v) is 3.10. The summed E-state index contributed by atoms with van der Waals surface area (Å²) in [7, 11) is 0. The van der Waals surface area contributed by atoms with Crippen LogP contribution in [0.1, 0.15) is 11.1 Å². The van der Waals surface area contributed by atoms with E-state index < -0.39 is 0 Å². The first-order valence-corrected chi connectivity index (χ1v) is 7.92. The molecule has 0 atom stereocenters. The Morgan fingerprint density at radius 3 is 2.38 bits per heavy atom. The molecule has 0 amide bonds. The molecule has 4 rings (SSSR count). The van der Waals surface area contributed by atoms with E-state index in [-0.39, 0.29) is 0 Å². The number of para-hydroxylation sites is 1. The summed E-state index contributed by atoms with van der Waals surface area (Å²) >= 11 is 0. The SMILES string of the molecule is Cc1ccc2c(c1)nc1c(N)c(C)c(N)cc1[n+]2-c1ccccc1. The number of benzene rings is 3. The van der Waals surface area contributed by atoms with Crippen LogP contribution in [-0.4, -0.2) is 4.98 Å². The minimum Gasteiger partial charge on any atom is -0.398 e. The molecule has 0 saturated carbocycles. The molecule has 0 bridgehead atoms. The Kier molecular flexibility index (Phi) is 3.13. The summed E-state index contributed by atoms with van der Waals surface area (Å²) in [4.78, 5) is 4.82. The minimum atomic E-state index is 0.637. The van der Waals surface area contributed by atoms with Crippen LogP contribution in [-0.2, 0) is 0 Å². The van der Waals surface area contributed by atoms with E-state index in [2.05, 4.69) is 41.8 Å². The summed E-state index contributed by atoms with van der Waals surface area (Å²) in [6, 6.07) is 18.4. The smallest absolute Gasteiger partial charge is 0.241 e. The molecule has 4 aromatic rings. The van der Waals surface area contributed by atoms with Crippen molar-refractivity contribution in [2.24, 2.45) is 0 Å². The summed E-state index contributed by atoms with van der Waals surface area (Å²) in [5.41, 5.74) is 20.6. The average molecular weight is 315 g/mol. The number of hydrogen-bond acceptors (Lipinski definition) is 3. The maximum Gasteiger partial charge on any atom is 0.241 e. The van der Waals surface area contributed by atoms with E-state index in [1.807, 2.05) is 31.2 Å². The number of nitrogens with two attached hydrogens (primary N) is 2. The third-order valence-electron chi connectivity index (χ3n) is 4.49. The second kappa shape index (κ2) is 5.20. The van der Waals surface area contributed by atoms with E-state index >= 15 is 0 Å². The quantitative estimate of drug-likeness (QED) is 0.321. The maximum atomic E-state index is 6.34. The Hall–Kier alpha value is -3.14. The molecule has 4 N–H and O–H groups in total. The first-order valence-electron chi connectivity index (χ1n) is 7.92. The Bertz CT molecular complexity index is 1090. The number of aryl methyl sites for hydroxylation is 1. The Balaban J connectivity index is 2.27. The van der Waals surface area contributed by atoms with E-state index in [9.17, 15) is 0 Å². The molecular weight excluding hydrogens is 296 g/mol. The predicted octanol–water partition coefficient (Wildman–Crippen LogP) is 3.45. The number of fused-ring (bicyclic) bond motifs is 2. The molecule has 0 saturated heterocycles. The van der Waals surface area contributed by atoms with Gasteiger partial charge in [-0.2, -0.15) is 0 Å². The molecule has 0 aliphatic rings. The molecule has 3 aromatic carbocycles. The minimum absolute atomic E-state index is 0.637. The highest BCUT2D eigenvalue weighted by Crippen LogP contribution is 2.28. The van der Waals surface area contributed by atoms with Gasteiger partial charge in [-0.05, 0) is 31.0 Å². The van der Waals surface area contributed by atoms with Gasteiger partial charge in [0.1, 0.15) is 5.52 Å². The van der Waals surface area contributed by atoms with Crippen molar-refractivity contribution >= 4 is 33.4 Å². The fraction of sp³-hybridized carbons (Fsp3) is 0.100. The van der Waals surface area contributed by atoms with Crippen LogP contribution in [0.25, 0.3) is 27.8 Å². The Labute approximate surface area is 140 Å².